The molecule has 1 unspecified atom stereocenters. The number of ether oxygens (including phenoxy) is 1. The Hall–Kier alpha value is -0.800. The van der Waals surface area contributed by atoms with Gasteiger partial charge in [-0.2, -0.15) is 0 Å². The molecule has 0 amide bonds. The van der Waals surface area contributed by atoms with Crippen molar-refractivity contribution >= 4 is 15.9 Å². The fraction of sp³-hybridized carbons (Fsp3) is 0.385. The number of rotatable bonds is 6. The standard InChI is InChI=1S/C13H17BrO2/c1-3-4-5-8-16-13-7-6-11(14)9-12(13)10(2)15/h3,6-7,9-10,15H,1,4-5,8H2,2H3. The maximum atomic E-state index is 9.61. The molecule has 1 aromatic rings. The largest absolute Gasteiger partial charge is 0.493 e. The van der Waals surface area contributed by atoms with Gasteiger partial charge in [0.15, 0.2) is 0 Å². The Morgan fingerprint density at radius 3 is 2.94 bits per heavy atom. The van der Waals surface area contributed by atoms with E-state index in [0.717, 1.165) is 28.6 Å². The highest BCUT2D eigenvalue weighted by Crippen LogP contribution is 2.28. The Morgan fingerprint density at radius 2 is 2.31 bits per heavy atom. The van der Waals surface area contributed by atoms with Crippen LogP contribution in [0.25, 0.3) is 0 Å². The van der Waals surface area contributed by atoms with Gasteiger partial charge < -0.3 is 9.84 Å². The summed E-state index contributed by atoms with van der Waals surface area (Å²) in [6.45, 7) is 6.04. The lowest BCUT2D eigenvalue weighted by Crippen LogP contribution is -2.02. The summed E-state index contributed by atoms with van der Waals surface area (Å²) in [5.74, 6) is 0.752. The number of allylic oxidation sites excluding steroid dienone is 1. The highest BCUT2D eigenvalue weighted by Gasteiger charge is 2.09. The third kappa shape index (κ3) is 3.99. The molecule has 0 aliphatic rings. The predicted octanol–water partition coefficient (Wildman–Crippen LogP) is 3.85. The van der Waals surface area contributed by atoms with Crippen LogP contribution in [0.15, 0.2) is 35.3 Å². The molecule has 1 atom stereocenters. The number of aliphatic hydroxyl groups is 1. The van der Waals surface area contributed by atoms with Crippen molar-refractivity contribution in [2.45, 2.75) is 25.9 Å². The molecule has 0 bridgehead atoms. The minimum absolute atomic E-state index is 0.521. The quantitative estimate of drug-likeness (QED) is 0.635. The number of benzene rings is 1. The molecule has 88 valence electrons. The van der Waals surface area contributed by atoms with Crippen LogP contribution >= 0.6 is 15.9 Å². The Labute approximate surface area is 105 Å². The van der Waals surface area contributed by atoms with E-state index in [-0.39, 0.29) is 0 Å². The number of hydrogen-bond acceptors (Lipinski definition) is 2. The second-order valence-electron chi connectivity index (χ2n) is 3.64. The molecular formula is C13H17BrO2. The van der Waals surface area contributed by atoms with Crippen LogP contribution in [0.1, 0.15) is 31.4 Å². The van der Waals surface area contributed by atoms with Crippen molar-refractivity contribution in [1.29, 1.82) is 0 Å². The Morgan fingerprint density at radius 1 is 1.56 bits per heavy atom. The molecule has 0 heterocycles. The summed E-state index contributed by atoms with van der Waals surface area (Å²) < 4.78 is 6.57. The third-order valence-electron chi connectivity index (χ3n) is 2.23. The average Bonchev–Trinajstić information content (AvgIpc) is 2.26. The van der Waals surface area contributed by atoms with E-state index in [9.17, 15) is 5.11 Å². The summed E-state index contributed by atoms with van der Waals surface area (Å²) in [5, 5.41) is 9.61. The van der Waals surface area contributed by atoms with E-state index in [1.165, 1.54) is 0 Å². The zero-order chi connectivity index (χ0) is 12.0. The lowest BCUT2D eigenvalue weighted by atomic mass is 10.1. The molecule has 1 rings (SSSR count). The number of aliphatic hydroxyl groups excluding tert-OH is 1. The summed E-state index contributed by atoms with van der Waals surface area (Å²) in [4.78, 5) is 0. The van der Waals surface area contributed by atoms with Crippen molar-refractivity contribution in [2.75, 3.05) is 6.61 Å². The smallest absolute Gasteiger partial charge is 0.125 e. The zero-order valence-electron chi connectivity index (χ0n) is 9.45. The van der Waals surface area contributed by atoms with E-state index in [2.05, 4.69) is 22.5 Å². The molecule has 0 aliphatic heterocycles. The number of unbranched alkanes of at least 4 members (excludes halogenated alkanes) is 1. The molecule has 0 saturated carbocycles. The molecule has 0 aromatic heterocycles. The predicted molar refractivity (Wildman–Crippen MR) is 69.7 cm³/mol. The van der Waals surface area contributed by atoms with E-state index in [0.29, 0.717) is 6.61 Å². The monoisotopic (exact) mass is 284 g/mol. The van der Waals surface area contributed by atoms with Gasteiger partial charge in [-0.25, -0.2) is 0 Å². The summed E-state index contributed by atoms with van der Waals surface area (Å²) in [7, 11) is 0. The van der Waals surface area contributed by atoms with Crippen molar-refractivity contribution in [2.24, 2.45) is 0 Å². The summed E-state index contributed by atoms with van der Waals surface area (Å²) in [5.41, 5.74) is 0.813. The molecule has 1 N–H and O–H groups in total. The summed E-state index contributed by atoms with van der Waals surface area (Å²) in [6, 6.07) is 5.67. The molecule has 1 aromatic carbocycles. The van der Waals surface area contributed by atoms with Crippen molar-refractivity contribution in [1.82, 2.24) is 0 Å². The summed E-state index contributed by atoms with van der Waals surface area (Å²) >= 11 is 3.38. The molecular weight excluding hydrogens is 268 g/mol. The van der Waals surface area contributed by atoms with Gasteiger partial charge in [-0.1, -0.05) is 22.0 Å². The van der Waals surface area contributed by atoms with Crippen LogP contribution in [0.3, 0.4) is 0 Å². The lowest BCUT2D eigenvalue weighted by Gasteiger charge is -2.13. The van der Waals surface area contributed by atoms with Gasteiger partial charge in [0, 0.05) is 10.0 Å². The van der Waals surface area contributed by atoms with Gasteiger partial charge >= 0.3 is 0 Å². The first kappa shape index (κ1) is 13.3. The molecule has 0 radical (unpaired) electrons. The van der Waals surface area contributed by atoms with E-state index in [4.69, 9.17) is 4.74 Å². The van der Waals surface area contributed by atoms with E-state index < -0.39 is 6.10 Å². The Kier molecular flexibility index (Phi) is 5.56. The zero-order valence-corrected chi connectivity index (χ0v) is 11.0. The van der Waals surface area contributed by atoms with E-state index in [1.54, 1.807) is 6.92 Å². The molecule has 0 fully saturated rings. The van der Waals surface area contributed by atoms with Crippen LogP contribution in [0.2, 0.25) is 0 Å². The lowest BCUT2D eigenvalue weighted by molar-refractivity contribution is 0.191. The van der Waals surface area contributed by atoms with Crippen LogP contribution in [0.4, 0.5) is 0 Å². The van der Waals surface area contributed by atoms with Crippen LogP contribution in [0, 0.1) is 0 Å². The second kappa shape index (κ2) is 6.71. The van der Waals surface area contributed by atoms with Gasteiger partial charge in [0.1, 0.15) is 5.75 Å². The van der Waals surface area contributed by atoms with Gasteiger partial charge in [0.05, 0.1) is 12.7 Å². The first-order valence-electron chi connectivity index (χ1n) is 5.36. The van der Waals surface area contributed by atoms with Crippen molar-refractivity contribution in [3.63, 3.8) is 0 Å². The fourth-order valence-corrected chi connectivity index (χ4v) is 1.77. The normalized spacial score (nSPS) is 12.2. The number of hydrogen-bond donors (Lipinski definition) is 1. The van der Waals surface area contributed by atoms with Crippen LogP contribution in [-0.4, -0.2) is 11.7 Å². The van der Waals surface area contributed by atoms with E-state index in [1.807, 2.05) is 24.3 Å². The molecule has 3 heteroatoms. The molecule has 0 aliphatic carbocycles. The van der Waals surface area contributed by atoms with Crippen LogP contribution in [0.5, 0.6) is 5.75 Å². The maximum Gasteiger partial charge on any atom is 0.125 e. The van der Waals surface area contributed by atoms with Gasteiger partial charge in [-0.3, -0.25) is 0 Å². The number of halogens is 1. The van der Waals surface area contributed by atoms with Gasteiger partial charge in [0.25, 0.3) is 0 Å². The minimum Gasteiger partial charge on any atom is -0.493 e. The second-order valence-corrected chi connectivity index (χ2v) is 4.55. The SMILES string of the molecule is C=CCCCOc1ccc(Br)cc1C(C)O. The molecule has 16 heavy (non-hydrogen) atoms. The first-order chi connectivity index (χ1) is 7.65. The maximum absolute atomic E-state index is 9.61. The van der Waals surface area contributed by atoms with Crippen molar-refractivity contribution in [3.8, 4) is 5.75 Å². The fourth-order valence-electron chi connectivity index (χ4n) is 1.39. The molecule has 0 saturated heterocycles. The average molecular weight is 285 g/mol. The van der Waals surface area contributed by atoms with Gasteiger partial charge in [-0.15, -0.1) is 6.58 Å². The highest BCUT2D eigenvalue weighted by molar-refractivity contribution is 9.10. The van der Waals surface area contributed by atoms with Crippen molar-refractivity contribution < 1.29 is 9.84 Å². The highest BCUT2D eigenvalue weighted by atomic mass is 79.9. The van der Waals surface area contributed by atoms with Crippen LogP contribution < -0.4 is 4.74 Å². The van der Waals surface area contributed by atoms with E-state index >= 15 is 0 Å². The van der Waals surface area contributed by atoms with Gasteiger partial charge in [0.2, 0.25) is 0 Å². The first-order valence-corrected chi connectivity index (χ1v) is 6.15. The Bertz CT molecular complexity index is 348. The molecule has 0 spiro atoms. The summed E-state index contributed by atoms with van der Waals surface area (Å²) in [6.07, 6.45) is 3.24. The van der Waals surface area contributed by atoms with Gasteiger partial charge in [-0.05, 0) is 38.0 Å². The van der Waals surface area contributed by atoms with Crippen LogP contribution in [-0.2, 0) is 0 Å². The van der Waals surface area contributed by atoms with Crippen molar-refractivity contribution in [3.05, 3.63) is 40.9 Å². The Balaban J connectivity index is 2.67. The topological polar surface area (TPSA) is 29.5 Å². The molecule has 2 nitrogen and oxygen atoms in total. The minimum atomic E-state index is -0.521. The third-order valence-corrected chi connectivity index (χ3v) is 2.73.